The minimum Gasteiger partial charge on any atom is -0.369 e. The molecule has 0 aromatic heterocycles. The van der Waals surface area contributed by atoms with E-state index in [0.29, 0.717) is 4.47 Å². The second-order valence-corrected chi connectivity index (χ2v) is 4.85. The maximum Gasteiger partial charge on any atom is 0.286 e. The molecule has 0 bridgehead atoms. The van der Waals surface area contributed by atoms with Crippen LogP contribution in [0.5, 0.6) is 0 Å². The molecule has 14 heavy (non-hydrogen) atoms. The van der Waals surface area contributed by atoms with Crippen LogP contribution < -0.4 is 11.5 Å². The highest BCUT2D eigenvalue weighted by Gasteiger charge is 2.15. The Morgan fingerprint density at radius 1 is 1.29 bits per heavy atom. The molecule has 0 spiro atoms. The van der Waals surface area contributed by atoms with Crippen molar-refractivity contribution >= 4 is 31.9 Å². The molecular weight excluding hydrogens is 270 g/mol. The zero-order valence-corrected chi connectivity index (χ0v) is 9.42. The average molecular weight is 278 g/mol. The van der Waals surface area contributed by atoms with E-state index in [4.69, 9.17) is 11.5 Å². The van der Waals surface area contributed by atoms with Crippen molar-refractivity contribution in [3.05, 3.63) is 28.7 Å². The first kappa shape index (κ1) is 11.0. The van der Waals surface area contributed by atoms with E-state index < -0.39 is 16.0 Å². The largest absolute Gasteiger partial charge is 0.369 e. The van der Waals surface area contributed by atoms with E-state index >= 15 is 0 Å². The summed E-state index contributed by atoms with van der Waals surface area (Å²) < 4.78 is 26.5. The van der Waals surface area contributed by atoms with E-state index in [1.807, 2.05) is 0 Å². The quantitative estimate of drug-likeness (QED) is 0.604. The monoisotopic (exact) mass is 277 g/mol. The molecule has 0 saturated carbocycles. The van der Waals surface area contributed by atoms with Crippen LogP contribution in [0.4, 0.5) is 0 Å². The van der Waals surface area contributed by atoms with Crippen LogP contribution in [0, 0.1) is 0 Å². The molecular formula is C7H8BrN3O2S. The molecule has 0 amide bonds. The van der Waals surface area contributed by atoms with Crippen molar-refractivity contribution in [3.63, 3.8) is 0 Å². The number of guanidine groups is 1. The first-order valence-electron chi connectivity index (χ1n) is 3.54. The number of benzene rings is 1. The number of halogens is 1. The van der Waals surface area contributed by atoms with Crippen molar-refractivity contribution in [2.75, 3.05) is 0 Å². The van der Waals surface area contributed by atoms with Crippen molar-refractivity contribution < 1.29 is 8.42 Å². The van der Waals surface area contributed by atoms with Crippen LogP contribution in [0.15, 0.2) is 38.0 Å². The van der Waals surface area contributed by atoms with Crippen LogP contribution in [-0.4, -0.2) is 14.4 Å². The van der Waals surface area contributed by atoms with Gasteiger partial charge in [-0.15, -0.1) is 4.40 Å². The van der Waals surface area contributed by atoms with Gasteiger partial charge in [0.1, 0.15) is 4.90 Å². The molecule has 76 valence electrons. The van der Waals surface area contributed by atoms with Gasteiger partial charge < -0.3 is 11.5 Å². The highest BCUT2D eigenvalue weighted by Crippen LogP contribution is 2.22. The molecule has 5 nitrogen and oxygen atoms in total. The van der Waals surface area contributed by atoms with Gasteiger partial charge in [-0.25, -0.2) is 0 Å². The first-order chi connectivity index (χ1) is 6.43. The summed E-state index contributed by atoms with van der Waals surface area (Å²) in [6.45, 7) is 0. The number of nitrogens with zero attached hydrogens (tertiary/aromatic N) is 1. The summed E-state index contributed by atoms with van der Waals surface area (Å²) >= 11 is 3.09. The van der Waals surface area contributed by atoms with Crippen LogP contribution in [0.3, 0.4) is 0 Å². The predicted molar refractivity (Wildman–Crippen MR) is 57.1 cm³/mol. The van der Waals surface area contributed by atoms with E-state index in [1.54, 1.807) is 18.2 Å². The number of hydrogen-bond acceptors (Lipinski definition) is 2. The number of nitrogens with two attached hydrogens (primary N) is 2. The normalized spacial score (nSPS) is 10.9. The number of rotatable bonds is 2. The van der Waals surface area contributed by atoms with E-state index in [-0.39, 0.29) is 4.90 Å². The third kappa shape index (κ3) is 2.46. The molecule has 0 saturated heterocycles. The summed E-state index contributed by atoms with van der Waals surface area (Å²) in [4.78, 5) is 0.0356. The molecule has 0 radical (unpaired) electrons. The zero-order chi connectivity index (χ0) is 10.8. The molecule has 0 aliphatic rings. The molecule has 1 aromatic rings. The molecule has 0 aliphatic carbocycles. The lowest BCUT2D eigenvalue weighted by molar-refractivity contribution is 0.597. The van der Waals surface area contributed by atoms with Crippen LogP contribution in [-0.2, 0) is 10.0 Å². The second kappa shape index (κ2) is 3.97. The zero-order valence-electron chi connectivity index (χ0n) is 7.01. The van der Waals surface area contributed by atoms with Gasteiger partial charge in [-0.3, -0.25) is 0 Å². The van der Waals surface area contributed by atoms with Gasteiger partial charge in [0, 0.05) is 4.47 Å². The summed E-state index contributed by atoms with van der Waals surface area (Å²) in [5.41, 5.74) is 10.00. The third-order valence-corrected chi connectivity index (χ3v) is 3.66. The van der Waals surface area contributed by atoms with Crippen molar-refractivity contribution in [1.29, 1.82) is 0 Å². The Bertz CT molecular complexity index is 466. The molecule has 1 aromatic carbocycles. The molecule has 0 aliphatic heterocycles. The lowest BCUT2D eigenvalue weighted by Gasteiger charge is -2.00. The summed E-state index contributed by atoms with van der Waals surface area (Å²) in [7, 11) is -3.80. The Kier molecular flexibility index (Phi) is 3.12. The van der Waals surface area contributed by atoms with Crippen molar-refractivity contribution in [1.82, 2.24) is 0 Å². The highest BCUT2D eigenvalue weighted by atomic mass is 79.9. The smallest absolute Gasteiger partial charge is 0.286 e. The van der Waals surface area contributed by atoms with Gasteiger partial charge in [0.15, 0.2) is 0 Å². The molecule has 4 N–H and O–H groups in total. The highest BCUT2D eigenvalue weighted by molar-refractivity contribution is 9.10. The summed E-state index contributed by atoms with van der Waals surface area (Å²) in [5, 5.41) is 0. The second-order valence-electron chi connectivity index (χ2n) is 2.42. The van der Waals surface area contributed by atoms with E-state index in [0.717, 1.165) is 0 Å². The van der Waals surface area contributed by atoms with E-state index in [2.05, 4.69) is 20.3 Å². The summed E-state index contributed by atoms with van der Waals surface area (Å²) in [6, 6.07) is 6.28. The van der Waals surface area contributed by atoms with Crippen molar-refractivity contribution in [2.24, 2.45) is 15.9 Å². The summed E-state index contributed by atoms with van der Waals surface area (Å²) in [6.07, 6.45) is 0. The van der Waals surface area contributed by atoms with Gasteiger partial charge in [-0.2, -0.15) is 8.42 Å². The maximum atomic E-state index is 11.5. The predicted octanol–water partition coefficient (Wildman–Crippen LogP) is 0.411. The minimum absolute atomic E-state index is 0.0356. The van der Waals surface area contributed by atoms with E-state index in [9.17, 15) is 8.42 Å². The topological polar surface area (TPSA) is 98.5 Å². The van der Waals surface area contributed by atoms with E-state index in [1.165, 1.54) is 6.07 Å². The SMILES string of the molecule is NC(N)=NS(=O)(=O)c1ccccc1Br. The fraction of sp³-hybridized carbons (Fsp3) is 0. The Morgan fingerprint density at radius 3 is 2.36 bits per heavy atom. The maximum absolute atomic E-state index is 11.5. The number of hydrogen-bond donors (Lipinski definition) is 2. The molecule has 1 rings (SSSR count). The molecule has 7 heteroatoms. The molecule has 0 atom stereocenters. The standard InChI is InChI=1S/C7H8BrN3O2S/c8-5-3-1-2-4-6(5)14(12,13)11-7(9)10/h1-4H,(H4,9,10,11). The van der Waals surface area contributed by atoms with Gasteiger partial charge >= 0.3 is 0 Å². The fourth-order valence-corrected chi connectivity index (χ4v) is 2.68. The fourth-order valence-electron chi connectivity index (χ4n) is 0.842. The van der Waals surface area contributed by atoms with Crippen molar-refractivity contribution in [2.45, 2.75) is 4.90 Å². The van der Waals surface area contributed by atoms with Crippen LogP contribution in [0.2, 0.25) is 0 Å². The third-order valence-electron chi connectivity index (χ3n) is 1.34. The van der Waals surface area contributed by atoms with Gasteiger partial charge in [0.2, 0.25) is 5.96 Å². The number of sulfonamides is 1. The lowest BCUT2D eigenvalue weighted by Crippen LogP contribution is -2.24. The van der Waals surface area contributed by atoms with Gasteiger partial charge in [0.05, 0.1) is 0 Å². The Balaban J connectivity index is 3.32. The first-order valence-corrected chi connectivity index (χ1v) is 5.77. The van der Waals surface area contributed by atoms with Gasteiger partial charge in [-0.1, -0.05) is 12.1 Å². The Morgan fingerprint density at radius 2 is 1.86 bits per heavy atom. The van der Waals surface area contributed by atoms with Crippen molar-refractivity contribution in [3.8, 4) is 0 Å². The molecule has 0 fully saturated rings. The summed E-state index contributed by atoms with van der Waals surface area (Å²) in [5.74, 6) is -0.485. The molecule has 0 unspecified atom stereocenters. The average Bonchev–Trinajstić information content (AvgIpc) is 2.02. The minimum atomic E-state index is -3.80. The van der Waals surface area contributed by atoms with Crippen LogP contribution in [0.1, 0.15) is 0 Å². The van der Waals surface area contributed by atoms with Crippen LogP contribution >= 0.6 is 15.9 Å². The van der Waals surface area contributed by atoms with Gasteiger partial charge in [-0.05, 0) is 28.1 Å². The Hall–Kier alpha value is -1.08. The Labute approximate surface area is 90.0 Å². The van der Waals surface area contributed by atoms with Crippen LogP contribution in [0.25, 0.3) is 0 Å². The van der Waals surface area contributed by atoms with Gasteiger partial charge in [0.25, 0.3) is 10.0 Å². The molecule has 0 heterocycles. The lowest BCUT2D eigenvalue weighted by atomic mass is 10.4.